The van der Waals surface area contributed by atoms with Crippen LogP contribution >= 0.6 is 0 Å². The smallest absolute Gasteiger partial charge is 0.416 e. The zero-order chi connectivity index (χ0) is 27.0. The summed E-state index contributed by atoms with van der Waals surface area (Å²) in [5.74, 6) is -1.79. The van der Waals surface area contributed by atoms with Crippen LogP contribution in [-0.2, 0) is 23.8 Å². The molecule has 0 radical (unpaired) electrons. The van der Waals surface area contributed by atoms with Gasteiger partial charge in [-0.1, -0.05) is 6.08 Å². The highest BCUT2D eigenvalue weighted by Crippen LogP contribution is 2.37. The van der Waals surface area contributed by atoms with E-state index in [9.17, 15) is 40.6 Å². The summed E-state index contributed by atoms with van der Waals surface area (Å²) < 4.78 is 104. The first kappa shape index (κ1) is 26.5. The third-order valence-electron chi connectivity index (χ3n) is 5.81. The first-order valence-corrected chi connectivity index (χ1v) is 11.0. The highest BCUT2D eigenvalue weighted by molar-refractivity contribution is 5.87. The molecule has 0 bridgehead atoms. The SMILES string of the molecule is O=C(O)C1=CCCN(CC2=Cc3c(F)cc(OCc4cc(C(F)(F)F)cc(C(F)(F)F)c4)cc3OC2)C1. The number of alkyl halides is 6. The van der Waals surface area contributed by atoms with Crippen molar-refractivity contribution in [3.05, 3.63) is 75.6 Å². The standard InChI is InChI=1S/C25H20F7NO4/c26-21-8-19(36-12-14-4-17(24(27,28)29)7-18(5-14)25(30,31)32)9-22-20(21)6-15(13-37-22)10-33-3-1-2-16(11-33)23(34)35/h2,4-9H,1,3,10-13H2,(H,34,35). The topological polar surface area (TPSA) is 59.0 Å². The van der Waals surface area contributed by atoms with Crippen molar-refractivity contribution in [2.45, 2.75) is 25.4 Å². The Labute approximate surface area is 206 Å². The summed E-state index contributed by atoms with van der Waals surface area (Å²) in [5.41, 5.74) is -2.25. The van der Waals surface area contributed by atoms with E-state index in [1.807, 2.05) is 4.90 Å². The lowest BCUT2D eigenvalue weighted by molar-refractivity contribution is -0.143. The van der Waals surface area contributed by atoms with Gasteiger partial charge in [-0.3, -0.25) is 4.90 Å². The van der Waals surface area contributed by atoms with Gasteiger partial charge in [-0.25, -0.2) is 9.18 Å². The molecule has 0 fully saturated rings. The molecule has 4 rings (SSSR count). The van der Waals surface area contributed by atoms with Crippen molar-refractivity contribution < 1.29 is 50.1 Å². The van der Waals surface area contributed by atoms with Gasteiger partial charge in [0.05, 0.1) is 16.7 Å². The van der Waals surface area contributed by atoms with E-state index in [2.05, 4.69) is 0 Å². The minimum atomic E-state index is -4.99. The third kappa shape index (κ3) is 6.43. The van der Waals surface area contributed by atoms with Crippen LogP contribution in [0.1, 0.15) is 28.7 Å². The summed E-state index contributed by atoms with van der Waals surface area (Å²) in [6.07, 6.45) is -6.20. The predicted molar refractivity (Wildman–Crippen MR) is 117 cm³/mol. The number of halogens is 7. The summed E-state index contributed by atoms with van der Waals surface area (Å²) in [6.45, 7) is 0.642. The number of carbonyl (C=O) groups is 1. The van der Waals surface area contributed by atoms with Crippen LogP contribution < -0.4 is 9.47 Å². The van der Waals surface area contributed by atoms with Gasteiger partial charge in [0.1, 0.15) is 30.5 Å². The molecule has 0 saturated carbocycles. The molecule has 37 heavy (non-hydrogen) atoms. The minimum absolute atomic E-state index is 0.0163. The van der Waals surface area contributed by atoms with Gasteiger partial charge in [0.15, 0.2) is 0 Å². The number of fused-ring (bicyclic) bond motifs is 1. The molecule has 2 aliphatic heterocycles. The number of rotatable bonds is 6. The number of ether oxygens (including phenoxy) is 2. The van der Waals surface area contributed by atoms with Crippen LogP contribution in [0.5, 0.6) is 11.5 Å². The Hall–Kier alpha value is -3.54. The third-order valence-corrected chi connectivity index (χ3v) is 5.81. The summed E-state index contributed by atoms with van der Waals surface area (Å²) in [5, 5.41) is 9.17. The number of aliphatic carboxylic acids is 1. The van der Waals surface area contributed by atoms with E-state index < -0.39 is 41.9 Å². The molecule has 0 amide bonds. The predicted octanol–water partition coefficient (Wildman–Crippen LogP) is 5.93. The molecule has 2 aromatic carbocycles. The number of carboxylic acid groups (broad SMARTS) is 1. The fourth-order valence-corrected chi connectivity index (χ4v) is 4.07. The highest BCUT2D eigenvalue weighted by Gasteiger charge is 2.37. The van der Waals surface area contributed by atoms with Crippen LogP contribution in [0.15, 0.2) is 47.6 Å². The van der Waals surface area contributed by atoms with Crippen molar-refractivity contribution in [2.24, 2.45) is 0 Å². The maximum absolute atomic E-state index is 14.8. The lowest BCUT2D eigenvalue weighted by atomic mass is 10.0. The molecule has 0 unspecified atom stereocenters. The van der Waals surface area contributed by atoms with Crippen molar-refractivity contribution in [3.8, 4) is 11.5 Å². The Kier molecular flexibility index (Phi) is 7.22. The van der Waals surface area contributed by atoms with Gasteiger partial charge < -0.3 is 14.6 Å². The monoisotopic (exact) mass is 531 g/mol. The quantitative estimate of drug-likeness (QED) is 0.468. The first-order chi connectivity index (χ1) is 17.3. The second-order valence-electron chi connectivity index (χ2n) is 8.64. The molecule has 2 aromatic rings. The molecular formula is C25H20F7NO4. The van der Waals surface area contributed by atoms with Crippen LogP contribution in [0.25, 0.3) is 6.08 Å². The molecule has 0 atom stereocenters. The summed E-state index contributed by atoms with van der Waals surface area (Å²) >= 11 is 0. The Morgan fingerprint density at radius 3 is 2.32 bits per heavy atom. The molecule has 198 valence electrons. The average Bonchev–Trinajstić information content (AvgIpc) is 2.82. The van der Waals surface area contributed by atoms with Gasteiger partial charge in [0, 0.05) is 37.3 Å². The van der Waals surface area contributed by atoms with Crippen molar-refractivity contribution >= 4 is 12.0 Å². The Morgan fingerprint density at radius 2 is 1.70 bits per heavy atom. The summed E-state index contributed by atoms with van der Waals surface area (Å²) in [7, 11) is 0. The lowest BCUT2D eigenvalue weighted by Crippen LogP contribution is -2.35. The fraction of sp³-hybridized carbons (Fsp3) is 0.320. The van der Waals surface area contributed by atoms with E-state index in [0.29, 0.717) is 37.2 Å². The number of benzene rings is 2. The zero-order valence-corrected chi connectivity index (χ0v) is 19.0. The van der Waals surface area contributed by atoms with Crippen molar-refractivity contribution in [1.29, 1.82) is 0 Å². The van der Waals surface area contributed by atoms with Gasteiger partial charge in [-0.15, -0.1) is 0 Å². The second-order valence-corrected chi connectivity index (χ2v) is 8.64. The van der Waals surface area contributed by atoms with Crippen LogP contribution in [-0.4, -0.2) is 42.2 Å². The van der Waals surface area contributed by atoms with E-state index in [0.717, 1.165) is 6.07 Å². The maximum atomic E-state index is 14.8. The van der Waals surface area contributed by atoms with Crippen molar-refractivity contribution in [2.75, 3.05) is 26.2 Å². The number of nitrogens with zero attached hydrogens (tertiary/aromatic N) is 1. The molecule has 0 aliphatic carbocycles. The average molecular weight is 531 g/mol. The Balaban J connectivity index is 1.49. The maximum Gasteiger partial charge on any atom is 0.416 e. The van der Waals surface area contributed by atoms with E-state index >= 15 is 0 Å². The molecule has 0 saturated heterocycles. The van der Waals surface area contributed by atoms with Crippen LogP contribution in [0.2, 0.25) is 0 Å². The molecule has 5 nitrogen and oxygen atoms in total. The minimum Gasteiger partial charge on any atom is -0.489 e. The normalized spacial score (nSPS) is 16.4. The summed E-state index contributed by atoms with van der Waals surface area (Å²) in [6, 6.07) is 3.37. The largest absolute Gasteiger partial charge is 0.489 e. The fourth-order valence-electron chi connectivity index (χ4n) is 4.07. The molecule has 12 heteroatoms. The molecule has 2 heterocycles. The van der Waals surface area contributed by atoms with Crippen LogP contribution in [0.3, 0.4) is 0 Å². The van der Waals surface area contributed by atoms with E-state index in [1.165, 1.54) is 6.07 Å². The number of carboxylic acids is 1. The van der Waals surface area contributed by atoms with Crippen molar-refractivity contribution in [3.63, 3.8) is 0 Å². The number of hydrogen-bond acceptors (Lipinski definition) is 4. The Bertz CT molecular complexity index is 1230. The molecule has 0 spiro atoms. The van der Waals surface area contributed by atoms with E-state index in [-0.39, 0.29) is 47.4 Å². The highest BCUT2D eigenvalue weighted by atomic mass is 19.4. The van der Waals surface area contributed by atoms with Gasteiger partial charge in [0.25, 0.3) is 0 Å². The lowest BCUT2D eigenvalue weighted by Gasteiger charge is -2.28. The first-order valence-electron chi connectivity index (χ1n) is 11.0. The zero-order valence-electron chi connectivity index (χ0n) is 19.0. The van der Waals surface area contributed by atoms with Crippen molar-refractivity contribution in [1.82, 2.24) is 4.90 Å². The van der Waals surface area contributed by atoms with Crippen LogP contribution in [0.4, 0.5) is 30.7 Å². The number of hydrogen-bond donors (Lipinski definition) is 1. The van der Waals surface area contributed by atoms with E-state index in [1.54, 1.807) is 12.2 Å². The molecule has 0 aromatic heterocycles. The second kappa shape index (κ2) is 10.1. The molecular weight excluding hydrogens is 511 g/mol. The Morgan fingerprint density at radius 1 is 1.03 bits per heavy atom. The van der Waals surface area contributed by atoms with Crippen LogP contribution in [0, 0.1) is 5.82 Å². The molecule has 1 N–H and O–H groups in total. The van der Waals surface area contributed by atoms with E-state index in [4.69, 9.17) is 9.47 Å². The van der Waals surface area contributed by atoms with Gasteiger partial charge >= 0.3 is 18.3 Å². The molecule has 2 aliphatic rings. The summed E-state index contributed by atoms with van der Waals surface area (Å²) in [4.78, 5) is 13.1. The van der Waals surface area contributed by atoms with Gasteiger partial charge in [-0.2, -0.15) is 26.3 Å². The van der Waals surface area contributed by atoms with Gasteiger partial charge in [-0.05, 0) is 41.8 Å². The van der Waals surface area contributed by atoms with Gasteiger partial charge in [0.2, 0.25) is 0 Å².